The molecule has 7 nitrogen and oxygen atoms in total. The Hall–Kier alpha value is -3.74. The van der Waals surface area contributed by atoms with Crippen LogP contribution in [0.3, 0.4) is 0 Å². The fourth-order valence-electron chi connectivity index (χ4n) is 2.79. The van der Waals surface area contributed by atoms with Crippen molar-refractivity contribution in [3.63, 3.8) is 0 Å². The lowest BCUT2D eigenvalue weighted by Gasteiger charge is -2.14. The van der Waals surface area contributed by atoms with Gasteiger partial charge in [0.25, 0.3) is 0 Å². The number of anilines is 3. The summed E-state index contributed by atoms with van der Waals surface area (Å²) in [5.41, 5.74) is 0.688. The summed E-state index contributed by atoms with van der Waals surface area (Å²) in [6, 6.07) is 11.6. The number of rotatable bonds is 9. The molecule has 0 bridgehead atoms. The van der Waals surface area contributed by atoms with Crippen LogP contribution in [0.2, 0.25) is 0 Å². The van der Waals surface area contributed by atoms with Gasteiger partial charge < -0.3 is 25.2 Å². The number of halogens is 6. The number of nitrogens with one attached hydrogen (secondary N) is 2. The van der Waals surface area contributed by atoms with Gasteiger partial charge >= 0.3 is 12.7 Å². The molecular formula is C21H18F6N4O3. The summed E-state index contributed by atoms with van der Waals surface area (Å²) in [5, 5.41) is 14.7. The van der Waals surface area contributed by atoms with Crippen LogP contribution in [0.1, 0.15) is 6.42 Å². The molecule has 0 saturated heterocycles. The van der Waals surface area contributed by atoms with Gasteiger partial charge in [0.05, 0.1) is 5.69 Å². The third-order valence-corrected chi connectivity index (χ3v) is 4.05. The van der Waals surface area contributed by atoms with E-state index in [0.29, 0.717) is 13.0 Å². The number of hydrogen-bond acceptors (Lipinski definition) is 7. The van der Waals surface area contributed by atoms with Crippen molar-refractivity contribution in [3.8, 4) is 22.8 Å². The minimum atomic E-state index is -4.88. The minimum absolute atomic E-state index is 0.0817. The Morgan fingerprint density at radius 2 is 1.47 bits per heavy atom. The highest BCUT2D eigenvalue weighted by molar-refractivity contribution is 5.68. The summed E-state index contributed by atoms with van der Waals surface area (Å²) >= 11 is 0. The Bertz CT molecular complexity index is 1110. The van der Waals surface area contributed by atoms with Gasteiger partial charge in [-0.15, -0.1) is 26.3 Å². The van der Waals surface area contributed by atoms with Crippen molar-refractivity contribution in [3.05, 3.63) is 54.6 Å². The van der Waals surface area contributed by atoms with Crippen LogP contribution < -0.4 is 20.1 Å². The Morgan fingerprint density at radius 3 is 2.12 bits per heavy atom. The number of aromatic nitrogens is 2. The summed E-state index contributed by atoms with van der Waals surface area (Å²) in [4.78, 5) is 8.49. The fourth-order valence-corrected chi connectivity index (χ4v) is 2.79. The van der Waals surface area contributed by atoms with Gasteiger partial charge in [-0.3, -0.25) is 0 Å². The number of ether oxygens (including phenoxy) is 2. The van der Waals surface area contributed by atoms with E-state index in [1.807, 2.05) is 0 Å². The molecule has 1 heterocycles. The highest BCUT2D eigenvalue weighted by Gasteiger charge is 2.32. The molecule has 2 aromatic carbocycles. The van der Waals surface area contributed by atoms with Crippen LogP contribution in [0.25, 0.3) is 11.3 Å². The van der Waals surface area contributed by atoms with Crippen molar-refractivity contribution < 1.29 is 40.9 Å². The number of aliphatic hydroxyl groups excluding tert-OH is 1. The summed E-state index contributed by atoms with van der Waals surface area (Å²) in [5.74, 6) is -0.684. The van der Waals surface area contributed by atoms with Gasteiger partial charge in [0, 0.05) is 36.5 Å². The first kappa shape index (κ1) is 24.9. The maximum absolute atomic E-state index is 12.6. The third kappa shape index (κ3) is 7.99. The Balaban J connectivity index is 1.92. The second-order valence-corrected chi connectivity index (χ2v) is 6.74. The lowest BCUT2D eigenvalue weighted by atomic mass is 10.1. The molecule has 3 aromatic rings. The molecule has 0 aliphatic carbocycles. The van der Waals surface area contributed by atoms with E-state index in [1.165, 1.54) is 30.3 Å². The molecule has 0 atom stereocenters. The summed E-state index contributed by atoms with van der Waals surface area (Å²) in [6.07, 6.45) is -9.37. The number of benzene rings is 2. The highest BCUT2D eigenvalue weighted by Crippen LogP contribution is 2.30. The van der Waals surface area contributed by atoms with Crippen LogP contribution in [0, 0.1) is 0 Å². The minimum Gasteiger partial charge on any atom is -0.406 e. The molecule has 0 radical (unpaired) electrons. The number of alkyl halides is 6. The van der Waals surface area contributed by atoms with E-state index in [2.05, 4.69) is 30.1 Å². The third-order valence-electron chi connectivity index (χ3n) is 4.05. The van der Waals surface area contributed by atoms with Crippen LogP contribution >= 0.6 is 0 Å². The predicted octanol–water partition coefficient (Wildman–Crippen LogP) is 5.48. The van der Waals surface area contributed by atoms with Crippen molar-refractivity contribution in [1.82, 2.24) is 9.97 Å². The lowest BCUT2D eigenvalue weighted by molar-refractivity contribution is -0.275. The topological polar surface area (TPSA) is 88.5 Å². The van der Waals surface area contributed by atoms with E-state index in [9.17, 15) is 26.3 Å². The Morgan fingerprint density at radius 1 is 0.824 bits per heavy atom. The van der Waals surface area contributed by atoms with Crippen molar-refractivity contribution >= 4 is 17.5 Å². The zero-order chi connectivity index (χ0) is 24.8. The second kappa shape index (κ2) is 10.5. The van der Waals surface area contributed by atoms with Crippen LogP contribution in [-0.2, 0) is 0 Å². The first-order chi connectivity index (χ1) is 16.0. The monoisotopic (exact) mass is 488 g/mol. The zero-order valence-corrected chi connectivity index (χ0v) is 17.2. The molecule has 182 valence electrons. The van der Waals surface area contributed by atoms with E-state index in [-0.39, 0.29) is 35.3 Å². The molecule has 3 rings (SSSR count). The quantitative estimate of drug-likeness (QED) is 0.272. The Labute approximate surface area is 189 Å². The molecule has 13 heteroatoms. The standard InChI is InChI=1S/C21H18F6N4O3/c22-20(23,24)33-15-6-1-4-13(10-15)17-12-18(31-19(30-17)28-8-3-9-32)29-14-5-2-7-16(11-14)34-21(25,26)27/h1-2,4-7,10-12,32H,3,8-9H2,(H2,28,29,30,31). The molecule has 0 aliphatic rings. The molecule has 0 saturated carbocycles. The average Bonchev–Trinajstić information content (AvgIpc) is 2.72. The number of aliphatic hydroxyl groups is 1. The molecule has 0 unspecified atom stereocenters. The van der Waals surface area contributed by atoms with Gasteiger partial charge in [0.1, 0.15) is 17.3 Å². The normalized spacial score (nSPS) is 11.7. The smallest absolute Gasteiger partial charge is 0.406 e. The highest BCUT2D eigenvalue weighted by atomic mass is 19.4. The van der Waals surface area contributed by atoms with E-state index in [1.54, 1.807) is 0 Å². The van der Waals surface area contributed by atoms with Gasteiger partial charge in [-0.05, 0) is 30.7 Å². The largest absolute Gasteiger partial charge is 0.573 e. The fraction of sp³-hybridized carbons (Fsp3) is 0.238. The van der Waals surface area contributed by atoms with Gasteiger partial charge in [-0.25, -0.2) is 4.98 Å². The van der Waals surface area contributed by atoms with Gasteiger partial charge in [0.15, 0.2) is 0 Å². The van der Waals surface area contributed by atoms with E-state index in [4.69, 9.17) is 5.11 Å². The average molecular weight is 488 g/mol. The van der Waals surface area contributed by atoms with Crippen molar-refractivity contribution in [2.75, 3.05) is 23.8 Å². The second-order valence-electron chi connectivity index (χ2n) is 6.74. The first-order valence-corrected chi connectivity index (χ1v) is 9.73. The molecular weight excluding hydrogens is 470 g/mol. The molecule has 0 amide bonds. The van der Waals surface area contributed by atoms with Gasteiger partial charge in [-0.2, -0.15) is 4.98 Å². The summed E-state index contributed by atoms with van der Waals surface area (Å²) < 4.78 is 83.1. The van der Waals surface area contributed by atoms with Gasteiger partial charge in [0.2, 0.25) is 5.95 Å². The first-order valence-electron chi connectivity index (χ1n) is 9.73. The van der Waals surface area contributed by atoms with Gasteiger partial charge in [-0.1, -0.05) is 18.2 Å². The molecule has 0 aliphatic heterocycles. The summed E-state index contributed by atoms with van der Waals surface area (Å²) in [6.45, 7) is 0.201. The molecule has 0 spiro atoms. The van der Waals surface area contributed by atoms with E-state index < -0.39 is 24.2 Å². The maximum Gasteiger partial charge on any atom is 0.573 e. The zero-order valence-electron chi connectivity index (χ0n) is 17.2. The summed E-state index contributed by atoms with van der Waals surface area (Å²) in [7, 11) is 0. The predicted molar refractivity (Wildman–Crippen MR) is 111 cm³/mol. The molecule has 1 aromatic heterocycles. The van der Waals surface area contributed by atoms with E-state index >= 15 is 0 Å². The maximum atomic E-state index is 12.6. The Kier molecular flexibility index (Phi) is 7.66. The molecule has 3 N–H and O–H groups in total. The van der Waals surface area contributed by atoms with E-state index in [0.717, 1.165) is 24.3 Å². The molecule has 0 fully saturated rings. The van der Waals surface area contributed by atoms with Crippen LogP contribution in [0.5, 0.6) is 11.5 Å². The van der Waals surface area contributed by atoms with Crippen LogP contribution in [-0.4, -0.2) is 41.0 Å². The number of nitrogens with zero attached hydrogens (tertiary/aromatic N) is 2. The van der Waals surface area contributed by atoms with Crippen molar-refractivity contribution in [2.24, 2.45) is 0 Å². The number of hydrogen-bond donors (Lipinski definition) is 3. The van der Waals surface area contributed by atoms with Crippen LogP contribution in [0.4, 0.5) is 43.8 Å². The SMILES string of the molecule is OCCCNc1nc(Nc2cccc(OC(F)(F)F)c2)cc(-c2cccc(OC(F)(F)F)c2)n1. The molecule has 34 heavy (non-hydrogen) atoms. The van der Waals surface area contributed by atoms with Crippen LogP contribution in [0.15, 0.2) is 54.6 Å². The van der Waals surface area contributed by atoms with Crippen molar-refractivity contribution in [2.45, 2.75) is 19.1 Å². The van der Waals surface area contributed by atoms with Crippen molar-refractivity contribution in [1.29, 1.82) is 0 Å². The lowest BCUT2D eigenvalue weighted by Crippen LogP contribution is -2.17.